The van der Waals surface area contributed by atoms with Gasteiger partial charge in [-0.15, -0.1) is 0 Å². The predicted molar refractivity (Wildman–Crippen MR) is 69.6 cm³/mol. The molecule has 2 aliphatic rings. The average molecular weight is 224 g/mol. The molecule has 0 aromatic carbocycles. The Kier molecular flexibility index (Phi) is 4.26. The monoisotopic (exact) mass is 224 g/mol. The van der Waals surface area contributed by atoms with Crippen molar-refractivity contribution in [3.05, 3.63) is 0 Å². The maximum Gasteiger partial charge on any atom is 0.0101 e. The molecule has 2 heteroatoms. The van der Waals surface area contributed by atoms with Crippen LogP contribution in [0.5, 0.6) is 0 Å². The van der Waals surface area contributed by atoms with Gasteiger partial charge in [0.05, 0.1) is 0 Å². The molecule has 0 unspecified atom stereocenters. The Labute approximate surface area is 101 Å². The van der Waals surface area contributed by atoms with E-state index in [4.69, 9.17) is 0 Å². The topological polar surface area (TPSA) is 15.3 Å². The molecule has 16 heavy (non-hydrogen) atoms. The summed E-state index contributed by atoms with van der Waals surface area (Å²) in [7, 11) is 2.07. The molecular formula is C14H28N2. The number of likely N-dealkylation sites (tertiary alicyclic amines) is 1. The van der Waals surface area contributed by atoms with E-state index >= 15 is 0 Å². The lowest BCUT2D eigenvalue weighted by atomic mass is 9.72. The van der Waals surface area contributed by atoms with Crippen molar-refractivity contribution in [3.8, 4) is 0 Å². The number of piperidine rings is 1. The van der Waals surface area contributed by atoms with Crippen molar-refractivity contribution in [2.24, 2.45) is 17.8 Å². The molecule has 1 N–H and O–H groups in total. The van der Waals surface area contributed by atoms with Crippen LogP contribution in [0.1, 0.15) is 39.5 Å². The summed E-state index contributed by atoms with van der Waals surface area (Å²) in [5.74, 6) is 2.85. The fraction of sp³-hybridized carbons (Fsp3) is 1.00. The highest BCUT2D eigenvalue weighted by Gasteiger charge is 2.36. The van der Waals surface area contributed by atoms with Crippen LogP contribution in [0.3, 0.4) is 0 Å². The molecule has 0 amide bonds. The molecule has 2 fully saturated rings. The second-order valence-corrected chi connectivity index (χ2v) is 6.17. The lowest BCUT2D eigenvalue weighted by Gasteiger charge is -2.47. The first kappa shape index (κ1) is 12.4. The second-order valence-electron chi connectivity index (χ2n) is 6.17. The zero-order valence-corrected chi connectivity index (χ0v) is 11.2. The van der Waals surface area contributed by atoms with Gasteiger partial charge < -0.3 is 10.2 Å². The zero-order chi connectivity index (χ0) is 11.5. The Hall–Kier alpha value is -0.0800. The van der Waals surface area contributed by atoms with Crippen molar-refractivity contribution in [2.45, 2.75) is 45.6 Å². The van der Waals surface area contributed by atoms with E-state index in [-0.39, 0.29) is 0 Å². The lowest BCUT2D eigenvalue weighted by molar-refractivity contribution is 0.0317. The Morgan fingerprint density at radius 2 is 1.81 bits per heavy atom. The summed E-state index contributed by atoms with van der Waals surface area (Å²) in [6.07, 6.45) is 5.75. The third-order valence-electron chi connectivity index (χ3n) is 4.75. The van der Waals surface area contributed by atoms with E-state index in [0.29, 0.717) is 0 Å². The number of hydrogen-bond donors (Lipinski definition) is 1. The number of nitrogens with one attached hydrogen (secondary N) is 1. The number of rotatable bonds is 4. The van der Waals surface area contributed by atoms with Crippen molar-refractivity contribution < 1.29 is 0 Å². The quantitative estimate of drug-likeness (QED) is 0.788. The Morgan fingerprint density at radius 3 is 2.31 bits per heavy atom. The zero-order valence-electron chi connectivity index (χ0n) is 11.2. The first-order chi connectivity index (χ1) is 7.70. The molecule has 0 aromatic rings. The van der Waals surface area contributed by atoms with Crippen LogP contribution in [-0.4, -0.2) is 37.6 Å². The largest absolute Gasteiger partial charge is 0.319 e. The predicted octanol–water partition coefficient (Wildman–Crippen LogP) is 2.35. The van der Waals surface area contributed by atoms with Crippen molar-refractivity contribution in [3.63, 3.8) is 0 Å². The normalized spacial score (nSPS) is 33.0. The molecule has 0 atom stereocenters. The summed E-state index contributed by atoms with van der Waals surface area (Å²) >= 11 is 0. The molecule has 1 aliphatic carbocycles. The maximum atomic E-state index is 3.31. The summed E-state index contributed by atoms with van der Waals surface area (Å²) in [6.45, 7) is 8.66. The molecule has 94 valence electrons. The van der Waals surface area contributed by atoms with E-state index in [0.717, 1.165) is 23.8 Å². The van der Waals surface area contributed by atoms with Gasteiger partial charge in [0.15, 0.2) is 0 Å². The summed E-state index contributed by atoms with van der Waals surface area (Å²) in [4.78, 5) is 2.76. The molecule has 0 radical (unpaired) electrons. The first-order valence-electron chi connectivity index (χ1n) is 7.09. The summed E-state index contributed by atoms with van der Waals surface area (Å²) < 4.78 is 0. The minimum Gasteiger partial charge on any atom is -0.319 e. The molecule has 1 heterocycles. The summed E-state index contributed by atoms with van der Waals surface area (Å²) in [5, 5.41) is 3.31. The van der Waals surface area contributed by atoms with Crippen LogP contribution >= 0.6 is 0 Å². The van der Waals surface area contributed by atoms with Gasteiger partial charge in [-0.05, 0) is 70.1 Å². The van der Waals surface area contributed by atoms with Crippen LogP contribution in [0.2, 0.25) is 0 Å². The summed E-state index contributed by atoms with van der Waals surface area (Å²) in [6, 6.07) is 0.933. The number of nitrogens with zero attached hydrogens (tertiary/aromatic N) is 1. The molecule has 2 rings (SSSR count). The van der Waals surface area contributed by atoms with E-state index in [1.165, 1.54) is 45.3 Å². The van der Waals surface area contributed by atoms with E-state index in [9.17, 15) is 0 Å². The van der Waals surface area contributed by atoms with Gasteiger partial charge in [-0.2, -0.15) is 0 Å². The van der Waals surface area contributed by atoms with Gasteiger partial charge in [0, 0.05) is 6.04 Å². The molecule has 0 spiro atoms. The SMILES string of the molecule is CNCC1CCN(C2CC(C(C)C)C2)CC1. The fourth-order valence-corrected chi connectivity index (χ4v) is 3.28. The lowest BCUT2D eigenvalue weighted by Crippen LogP contribution is -2.49. The van der Waals surface area contributed by atoms with Crippen LogP contribution in [0.15, 0.2) is 0 Å². The van der Waals surface area contributed by atoms with Crippen LogP contribution in [-0.2, 0) is 0 Å². The van der Waals surface area contributed by atoms with Gasteiger partial charge in [0.2, 0.25) is 0 Å². The van der Waals surface area contributed by atoms with Gasteiger partial charge in [-0.1, -0.05) is 13.8 Å². The third-order valence-corrected chi connectivity index (χ3v) is 4.75. The van der Waals surface area contributed by atoms with Crippen molar-refractivity contribution in [2.75, 3.05) is 26.7 Å². The third kappa shape index (κ3) is 2.78. The van der Waals surface area contributed by atoms with E-state index in [1.54, 1.807) is 0 Å². The molecule has 0 bridgehead atoms. The molecule has 1 saturated carbocycles. The number of hydrogen-bond acceptors (Lipinski definition) is 2. The van der Waals surface area contributed by atoms with E-state index < -0.39 is 0 Å². The van der Waals surface area contributed by atoms with Crippen LogP contribution in [0.25, 0.3) is 0 Å². The Balaban J connectivity index is 1.67. The standard InChI is InChI=1S/C14H28N2/c1-11(2)13-8-14(9-13)16-6-4-12(5-7-16)10-15-3/h11-15H,4-10H2,1-3H3. The van der Waals surface area contributed by atoms with E-state index in [2.05, 4.69) is 31.1 Å². The second kappa shape index (κ2) is 5.50. The van der Waals surface area contributed by atoms with Crippen molar-refractivity contribution >= 4 is 0 Å². The molecule has 2 nitrogen and oxygen atoms in total. The average Bonchev–Trinajstić information content (AvgIpc) is 2.18. The van der Waals surface area contributed by atoms with Crippen LogP contribution in [0, 0.1) is 17.8 Å². The van der Waals surface area contributed by atoms with Gasteiger partial charge in [-0.25, -0.2) is 0 Å². The minimum atomic E-state index is 0.901. The highest BCUT2D eigenvalue weighted by atomic mass is 15.2. The highest BCUT2D eigenvalue weighted by Crippen LogP contribution is 2.38. The minimum absolute atomic E-state index is 0.901. The fourth-order valence-electron chi connectivity index (χ4n) is 3.28. The molecule has 1 aliphatic heterocycles. The smallest absolute Gasteiger partial charge is 0.0101 e. The van der Waals surface area contributed by atoms with Crippen LogP contribution < -0.4 is 5.32 Å². The van der Waals surface area contributed by atoms with Gasteiger partial charge in [-0.3, -0.25) is 0 Å². The highest BCUT2D eigenvalue weighted by molar-refractivity contribution is 4.90. The first-order valence-corrected chi connectivity index (χ1v) is 7.09. The van der Waals surface area contributed by atoms with Gasteiger partial charge >= 0.3 is 0 Å². The Bertz CT molecular complexity index is 201. The van der Waals surface area contributed by atoms with Gasteiger partial charge in [0.25, 0.3) is 0 Å². The molecular weight excluding hydrogens is 196 g/mol. The maximum absolute atomic E-state index is 3.31. The Morgan fingerprint density at radius 1 is 1.19 bits per heavy atom. The van der Waals surface area contributed by atoms with Crippen LogP contribution in [0.4, 0.5) is 0 Å². The van der Waals surface area contributed by atoms with Gasteiger partial charge in [0.1, 0.15) is 0 Å². The van der Waals surface area contributed by atoms with Crippen molar-refractivity contribution in [1.29, 1.82) is 0 Å². The summed E-state index contributed by atoms with van der Waals surface area (Å²) in [5.41, 5.74) is 0. The van der Waals surface area contributed by atoms with Crippen molar-refractivity contribution in [1.82, 2.24) is 10.2 Å². The molecule has 1 saturated heterocycles. The van der Waals surface area contributed by atoms with E-state index in [1.807, 2.05) is 0 Å². The molecule has 0 aromatic heterocycles.